The van der Waals surface area contributed by atoms with Crippen LogP contribution in [0.5, 0.6) is 11.6 Å². The number of halogens is 2. The second kappa shape index (κ2) is 8.39. The van der Waals surface area contributed by atoms with Crippen LogP contribution in [0.4, 0.5) is 8.78 Å². The number of pyridine rings is 1. The second-order valence-electron chi connectivity index (χ2n) is 7.74. The van der Waals surface area contributed by atoms with Crippen molar-refractivity contribution in [2.75, 3.05) is 0 Å². The number of benzene rings is 3. The standard InChI is InChI=1S/C27H20F2N2O2/c1-31-24(16-33-22-11-9-21(29)10-12-22)25(23-13-14-30-27(32)26(23)31)19-4-2-3-18(15-19)17-5-7-20(28)8-6-17/h2-15H,16H2,1H3,(H,30,32). The van der Waals surface area contributed by atoms with Crippen LogP contribution in [0.25, 0.3) is 33.2 Å². The highest BCUT2D eigenvalue weighted by atomic mass is 19.1. The van der Waals surface area contributed by atoms with Crippen molar-refractivity contribution in [2.45, 2.75) is 6.61 Å². The van der Waals surface area contributed by atoms with Gasteiger partial charge in [0.05, 0.1) is 5.69 Å². The zero-order valence-corrected chi connectivity index (χ0v) is 17.8. The van der Waals surface area contributed by atoms with Crippen LogP contribution >= 0.6 is 0 Å². The molecule has 5 rings (SSSR count). The first-order valence-corrected chi connectivity index (χ1v) is 10.4. The van der Waals surface area contributed by atoms with Crippen LogP contribution in [-0.4, -0.2) is 14.7 Å². The zero-order chi connectivity index (χ0) is 22.9. The lowest BCUT2D eigenvalue weighted by atomic mass is 9.97. The average Bonchev–Trinajstić information content (AvgIpc) is 3.12. The van der Waals surface area contributed by atoms with E-state index in [0.717, 1.165) is 33.3 Å². The van der Waals surface area contributed by atoms with Gasteiger partial charge < -0.3 is 14.4 Å². The first-order valence-electron chi connectivity index (χ1n) is 10.4. The average molecular weight is 442 g/mol. The summed E-state index contributed by atoms with van der Waals surface area (Å²) >= 11 is 0. The van der Waals surface area contributed by atoms with Crippen molar-refractivity contribution in [1.29, 1.82) is 0 Å². The molecule has 0 saturated carbocycles. The van der Waals surface area contributed by atoms with E-state index < -0.39 is 0 Å². The lowest BCUT2D eigenvalue weighted by Crippen LogP contribution is -2.03. The molecule has 0 spiro atoms. The van der Waals surface area contributed by atoms with E-state index in [1.807, 2.05) is 41.9 Å². The van der Waals surface area contributed by atoms with Crippen molar-refractivity contribution in [3.05, 3.63) is 102 Å². The largest absolute Gasteiger partial charge is 0.492 e. The van der Waals surface area contributed by atoms with E-state index in [9.17, 15) is 13.9 Å². The van der Waals surface area contributed by atoms with Gasteiger partial charge in [0.1, 0.15) is 29.5 Å². The van der Waals surface area contributed by atoms with E-state index in [1.165, 1.54) is 24.3 Å². The Morgan fingerprint density at radius 3 is 2.24 bits per heavy atom. The lowest BCUT2D eigenvalue weighted by Gasteiger charge is -2.12. The van der Waals surface area contributed by atoms with Gasteiger partial charge in [-0.1, -0.05) is 30.3 Å². The van der Waals surface area contributed by atoms with Crippen molar-refractivity contribution in [3.63, 3.8) is 0 Å². The number of nitrogens with zero attached hydrogens (tertiary/aromatic N) is 2. The second-order valence-corrected chi connectivity index (χ2v) is 7.74. The Bertz CT molecular complexity index is 1440. The first kappa shape index (κ1) is 20.7. The summed E-state index contributed by atoms with van der Waals surface area (Å²) in [6.45, 7) is 0.201. The van der Waals surface area contributed by atoms with Gasteiger partial charge in [-0.3, -0.25) is 0 Å². The van der Waals surface area contributed by atoms with Crippen molar-refractivity contribution < 1.29 is 18.6 Å². The molecule has 4 nitrogen and oxygen atoms in total. The van der Waals surface area contributed by atoms with Crippen LogP contribution < -0.4 is 4.74 Å². The number of hydrogen-bond donors (Lipinski definition) is 1. The van der Waals surface area contributed by atoms with Crippen molar-refractivity contribution in [1.82, 2.24) is 9.55 Å². The molecule has 0 saturated heterocycles. The van der Waals surface area contributed by atoms with E-state index in [0.29, 0.717) is 11.3 Å². The predicted octanol–water partition coefficient (Wildman–Crippen LogP) is 6.47. The van der Waals surface area contributed by atoms with E-state index in [4.69, 9.17) is 4.74 Å². The van der Waals surface area contributed by atoms with Gasteiger partial charge in [-0.05, 0) is 65.2 Å². The molecule has 0 aliphatic carbocycles. The van der Waals surface area contributed by atoms with E-state index in [1.54, 1.807) is 30.5 Å². The smallest absolute Gasteiger partial charge is 0.236 e. The minimum atomic E-state index is -0.332. The molecule has 2 aromatic heterocycles. The minimum absolute atomic E-state index is 0.0704. The van der Waals surface area contributed by atoms with Gasteiger partial charge >= 0.3 is 0 Å². The highest BCUT2D eigenvalue weighted by Crippen LogP contribution is 2.39. The fourth-order valence-electron chi connectivity index (χ4n) is 4.10. The van der Waals surface area contributed by atoms with Crippen molar-refractivity contribution >= 4 is 10.9 Å². The Morgan fingerprint density at radius 2 is 1.52 bits per heavy atom. The van der Waals surface area contributed by atoms with Crippen molar-refractivity contribution in [2.24, 2.45) is 7.05 Å². The van der Waals surface area contributed by atoms with Gasteiger partial charge in [0.2, 0.25) is 5.88 Å². The van der Waals surface area contributed by atoms with Gasteiger partial charge in [-0.25, -0.2) is 13.8 Å². The molecule has 1 N–H and O–H groups in total. The normalized spacial score (nSPS) is 11.1. The molecular weight excluding hydrogens is 422 g/mol. The Hall–Kier alpha value is -4.19. The molecule has 0 aliphatic rings. The fourth-order valence-corrected chi connectivity index (χ4v) is 4.10. The number of aromatic nitrogens is 2. The Labute approximate surface area is 189 Å². The first-order chi connectivity index (χ1) is 16.0. The third kappa shape index (κ3) is 3.91. The van der Waals surface area contributed by atoms with Crippen molar-refractivity contribution in [3.8, 4) is 33.9 Å². The summed E-state index contributed by atoms with van der Waals surface area (Å²) in [5, 5.41) is 11.3. The molecule has 33 heavy (non-hydrogen) atoms. The topological polar surface area (TPSA) is 47.3 Å². The van der Waals surface area contributed by atoms with Gasteiger partial charge in [0.25, 0.3) is 0 Å². The molecule has 0 bridgehead atoms. The summed E-state index contributed by atoms with van der Waals surface area (Å²) in [5.41, 5.74) is 5.08. The SMILES string of the molecule is Cn1c(COc2ccc(F)cc2)c(-c2cccc(-c3ccc(F)cc3)c2)c2ccnc(O)c21. The van der Waals surface area contributed by atoms with Gasteiger partial charge in [-0.15, -0.1) is 0 Å². The molecule has 0 aliphatic heterocycles. The highest BCUT2D eigenvalue weighted by Gasteiger charge is 2.20. The third-order valence-electron chi connectivity index (χ3n) is 5.72. The van der Waals surface area contributed by atoms with Crippen LogP contribution in [0.1, 0.15) is 5.69 Å². The van der Waals surface area contributed by atoms with Gasteiger partial charge in [0, 0.05) is 24.2 Å². The summed E-state index contributed by atoms with van der Waals surface area (Å²) < 4.78 is 34.5. The Balaban J connectivity index is 1.63. The summed E-state index contributed by atoms with van der Waals surface area (Å²) in [5.74, 6) is -0.151. The molecule has 0 radical (unpaired) electrons. The van der Waals surface area contributed by atoms with Crippen LogP contribution in [0, 0.1) is 11.6 Å². The summed E-state index contributed by atoms with van der Waals surface area (Å²) in [4.78, 5) is 4.03. The predicted molar refractivity (Wildman–Crippen MR) is 124 cm³/mol. The molecule has 3 aromatic carbocycles. The van der Waals surface area contributed by atoms with Crippen LogP contribution in [-0.2, 0) is 13.7 Å². The number of aromatic hydroxyl groups is 1. The molecule has 0 unspecified atom stereocenters. The maximum absolute atomic E-state index is 13.4. The molecular formula is C27H20F2N2O2. The maximum Gasteiger partial charge on any atom is 0.236 e. The molecule has 0 amide bonds. The molecule has 6 heteroatoms. The number of fused-ring (bicyclic) bond motifs is 1. The zero-order valence-electron chi connectivity index (χ0n) is 17.8. The molecule has 5 aromatic rings. The third-order valence-corrected chi connectivity index (χ3v) is 5.72. The number of aryl methyl sites for hydroxylation is 1. The summed E-state index contributed by atoms with van der Waals surface area (Å²) in [6.07, 6.45) is 1.57. The minimum Gasteiger partial charge on any atom is -0.492 e. The number of rotatable bonds is 5. The van der Waals surface area contributed by atoms with E-state index >= 15 is 0 Å². The van der Waals surface area contributed by atoms with Gasteiger partial charge in [0.15, 0.2) is 0 Å². The molecule has 0 fully saturated rings. The summed E-state index contributed by atoms with van der Waals surface area (Å²) in [6, 6.07) is 22.0. The quantitative estimate of drug-likeness (QED) is 0.339. The Kier molecular flexibility index (Phi) is 5.26. The molecule has 0 atom stereocenters. The molecule has 164 valence electrons. The monoisotopic (exact) mass is 442 g/mol. The van der Waals surface area contributed by atoms with Crippen LogP contribution in [0.3, 0.4) is 0 Å². The lowest BCUT2D eigenvalue weighted by molar-refractivity contribution is 0.297. The summed E-state index contributed by atoms with van der Waals surface area (Å²) in [7, 11) is 1.85. The van der Waals surface area contributed by atoms with E-state index in [-0.39, 0.29) is 24.1 Å². The number of ether oxygens (including phenoxy) is 1. The van der Waals surface area contributed by atoms with E-state index in [2.05, 4.69) is 4.98 Å². The van der Waals surface area contributed by atoms with Gasteiger partial charge in [-0.2, -0.15) is 0 Å². The maximum atomic E-state index is 13.4. The number of hydrogen-bond acceptors (Lipinski definition) is 3. The molecule has 2 heterocycles. The highest BCUT2D eigenvalue weighted by molar-refractivity contribution is 6.00. The fraction of sp³-hybridized carbons (Fsp3) is 0.0741. The Morgan fingerprint density at radius 1 is 0.848 bits per heavy atom. The van der Waals surface area contributed by atoms with Crippen LogP contribution in [0.15, 0.2) is 85.1 Å². The van der Waals surface area contributed by atoms with Crippen LogP contribution in [0.2, 0.25) is 0 Å².